The summed E-state index contributed by atoms with van der Waals surface area (Å²) in [5.74, 6) is 0. The molecule has 3 heteroatoms. The SMILES string of the molecule is ON=CC=Cc1ccc(N(c2ccccc2)c2ccccc2)cc1. The lowest BCUT2D eigenvalue weighted by Crippen LogP contribution is -2.09. The highest BCUT2D eigenvalue weighted by molar-refractivity contribution is 5.79. The lowest BCUT2D eigenvalue weighted by molar-refractivity contribution is 0.322. The Kier molecular flexibility index (Phi) is 5.05. The van der Waals surface area contributed by atoms with Crippen molar-refractivity contribution in [3.05, 3.63) is 96.6 Å². The third-order valence-corrected chi connectivity index (χ3v) is 3.62. The van der Waals surface area contributed by atoms with Crippen LogP contribution < -0.4 is 4.90 Å². The fourth-order valence-corrected chi connectivity index (χ4v) is 2.53. The first-order valence-electron chi connectivity index (χ1n) is 7.73. The van der Waals surface area contributed by atoms with Gasteiger partial charge in [-0.2, -0.15) is 0 Å². The second-order valence-corrected chi connectivity index (χ2v) is 5.22. The molecule has 0 heterocycles. The molecule has 0 aromatic heterocycles. The molecule has 0 atom stereocenters. The van der Waals surface area contributed by atoms with Crippen LogP contribution in [0.4, 0.5) is 17.1 Å². The van der Waals surface area contributed by atoms with E-state index in [1.807, 2.05) is 54.6 Å². The van der Waals surface area contributed by atoms with E-state index in [0.717, 1.165) is 22.6 Å². The average molecular weight is 314 g/mol. The molecule has 118 valence electrons. The van der Waals surface area contributed by atoms with Gasteiger partial charge in [0.1, 0.15) is 0 Å². The molecular formula is C21H18N2O. The topological polar surface area (TPSA) is 35.8 Å². The van der Waals surface area contributed by atoms with E-state index in [4.69, 9.17) is 5.21 Å². The lowest BCUT2D eigenvalue weighted by Gasteiger charge is -2.25. The Morgan fingerprint density at radius 3 is 1.67 bits per heavy atom. The average Bonchev–Trinajstić information content (AvgIpc) is 2.65. The molecule has 0 fully saturated rings. The van der Waals surface area contributed by atoms with Crippen LogP contribution in [0.2, 0.25) is 0 Å². The standard InChI is InChI=1S/C21H18N2O/c24-22-17-7-8-18-13-15-21(16-14-18)23(19-9-3-1-4-10-19)20-11-5-2-6-12-20/h1-17,24H. The molecule has 0 amide bonds. The number of allylic oxidation sites excluding steroid dienone is 1. The third-order valence-electron chi connectivity index (χ3n) is 3.62. The van der Waals surface area contributed by atoms with E-state index in [2.05, 4.69) is 46.5 Å². The van der Waals surface area contributed by atoms with Crippen LogP contribution in [0.5, 0.6) is 0 Å². The van der Waals surface area contributed by atoms with Gasteiger partial charge >= 0.3 is 0 Å². The van der Waals surface area contributed by atoms with E-state index in [9.17, 15) is 0 Å². The summed E-state index contributed by atoms with van der Waals surface area (Å²) in [5, 5.41) is 11.4. The molecule has 0 aliphatic heterocycles. The molecule has 0 aliphatic rings. The highest BCUT2D eigenvalue weighted by atomic mass is 16.4. The second kappa shape index (κ2) is 7.79. The van der Waals surface area contributed by atoms with Crippen molar-refractivity contribution in [1.29, 1.82) is 0 Å². The summed E-state index contributed by atoms with van der Waals surface area (Å²) in [6.07, 6.45) is 4.92. The van der Waals surface area contributed by atoms with E-state index in [-0.39, 0.29) is 0 Å². The fourth-order valence-electron chi connectivity index (χ4n) is 2.53. The minimum atomic E-state index is 1.04. The van der Waals surface area contributed by atoms with Gasteiger partial charge in [0, 0.05) is 17.1 Å². The minimum absolute atomic E-state index is 1.04. The molecule has 3 aromatic rings. The Bertz CT molecular complexity index is 770. The van der Waals surface area contributed by atoms with E-state index in [1.165, 1.54) is 6.21 Å². The smallest absolute Gasteiger partial charge is 0.0661 e. The molecule has 0 saturated carbocycles. The largest absolute Gasteiger partial charge is 0.411 e. The first kappa shape index (κ1) is 15.6. The quantitative estimate of drug-likeness (QED) is 0.376. The Morgan fingerprint density at radius 1 is 0.667 bits per heavy atom. The Labute approximate surface area is 141 Å². The van der Waals surface area contributed by atoms with Crippen molar-refractivity contribution < 1.29 is 5.21 Å². The van der Waals surface area contributed by atoms with Gasteiger partial charge in [-0.05, 0) is 48.0 Å². The van der Waals surface area contributed by atoms with Crippen LogP contribution in [-0.4, -0.2) is 11.4 Å². The van der Waals surface area contributed by atoms with Crippen LogP contribution >= 0.6 is 0 Å². The Hall–Kier alpha value is -3.33. The third kappa shape index (κ3) is 3.70. The lowest BCUT2D eigenvalue weighted by atomic mass is 10.1. The summed E-state index contributed by atoms with van der Waals surface area (Å²) >= 11 is 0. The minimum Gasteiger partial charge on any atom is -0.411 e. The number of rotatable bonds is 5. The first-order chi connectivity index (χ1) is 11.9. The maximum absolute atomic E-state index is 8.42. The predicted molar refractivity (Wildman–Crippen MR) is 100 cm³/mol. The first-order valence-corrected chi connectivity index (χ1v) is 7.73. The van der Waals surface area contributed by atoms with Crippen molar-refractivity contribution in [2.24, 2.45) is 5.16 Å². The molecule has 3 rings (SSSR count). The molecular weight excluding hydrogens is 296 g/mol. The molecule has 3 aromatic carbocycles. The molecule has 1 N–H and O–H groups in total. The molecule has 0 aliphatic carbocycles. The zero-order valence-electron chi connectivity index (χ0n) is 13.2. The number of nitrogens with zero attached hydrogens (tertiary/aromatic N) is 2. The molecule has 24 heavy (non-hydrogen) atoms. The summed E-state index contributed by atoms with van der Waals surface area (Å²) in [6.45, 7) is 0. The van der Waals surface area contributed by atoms with Gasteiger partial charge < -0.3 is 10.1 Å². The Morgan fingerprint density at radius 2 is 1.17 bits per heavy atom. The molecule has 0 radical (unpaired) electrons. The number of para-hydroxylation sites is 2. The maximum Gasteiger partial charge on any atom is 0.0661 e. The number of hydrogen-bond donors (Lipinski definition) is 1. The van der Waals surface area contributed by atoms with Crippen LogP contribution in [0.3, 0.4) is 0 Å². The van der Waals surface area contributed by atoms with E-state index >= 15 is 0 Å². The van der Waals surface area contributed by atoms with Gasteiger partial charge in [-0.25, -0.2) is 0 Å². The van der Waals surface area contributed by atoms with Gasteiger partial charge in [-0.15, -0.1) is 0 Å². The fraction of sp³-hybridized carbons (Fsp3) is 0. The highest BCUT2D eigenvalue weighted by Gasteiger charge is 2.10. The number of hydrogen-bond acceptors (Lipinski definition) is 3. The van der Waals surface area contributed by atoms with Crippen LogP contribution in [0.1, 0.15) is 5.56 Å². The van der Waals surface area contributed by atoms with Gasteiger partial charge in [0.25, 0.3) is 0 Å². The van der Waals surface area contributed by atoms with E-state index in [0.29, 0.717) is 0 Å². The van der Waals surface area contributed by atoms with Crippen LogP contribution in [0.15, 0.2) is 96.2 Å². The summed E-state index contributed by atoms with van der Waals surface area (Å²) in [5.41, 5.74) is 4.35. The predicted octanol–water partition coefficient (Wildman–Crippen LogP) is 5.63. The number of oxime groups is 1. The Balaban J connectivity index is 1.97. The van der Waals surface area contributed by atoms with E-state index < -0.39 is 0 Å². The van der Waals surface area contributed by atoms with E-state index in [1.54, 1.807) is 6.08 Å². The maximum atomic E-state index is 8.42. The van der Waals surface area contributed by atoms with Crippen molar-refractivity contribution in [1.82, 2.24) is 0 Å². The molecule has 0 bridgehead atoms. The van der Waals surface area contributed by atoms with Crippen molar-refractivity contribution in [3.8, 4) is 0 Å². The zero-order chi connectivity index (χ0) is 16.6. The van der Waals surface area contributed by atoms with Crippen LogP contribution in [0.25, 0.3) is 6.08 Å². The van der Waals surface area contributed by atoms with Crippen LogP contribution in [0, 0.1) is 0 Å². The molecule has 0 saturated heterocycles. The number of anilines is 3. The van der Waals surface area contributed by atoms with Gasteiger partial charge in [0.15, 0.2) is 0 Å². The van der Waals surface area contributed by atoms with Crippen molar-refractivity contribution in [2.75, 3.05) is 4.90 Å². The highest BCUT2D eigenvalue weighted by Crippen LogP contribution is 2.34. The number of benzene rings is 3. The second-order valence-electron chi connectivity index (χ2n) is 5.22. The van der Waals surface area contributed by atoms with Gasteiger partial charge in [-0.3, -0.25) is 0 Å². The van der Waals surface area contributed by atoms with Gasteiger partial charge in [0.2, 0.25) is 0 Å². The molecule has 0 spiro atoms. The van der Waals surface area contributed by atoms with Gasteiger partial charge in [-0.1, -0.05) is 59.8 Å². The zero-order valence-corrected chi connectivity index (χ0v) is 13.2. The van der Waals surface area contributed by atoms with Crippen LogP contribution in [-0.2, 0) is 0 Å². The normalized spacial score (nSPS) is 11.2. The molecule has 0 unspecified atom stereocenters. The summed E-state index contributed by atoms with van der Waals surface area (Å²) in [6, 6.07) is 28.8. The van der Waals surface area contributed by atoms with Crippen molar-refractivity contribution >= 4 is 29.4 Å². The summed E-state index contributed by atoms with van der Waals surface area (Å²) < 4.78 is 0. The van der Waals surface area contributed by atoms with Gasteiger partial charge in [0.05, 0.1) is 6.21 Å². The van der Waals surface area contributed by atoms with Crippen molar-refractivity contribution in [3.63, 3.8) is 0 Å². The summed E-state index contributed by atoms with van der Waals surface area (Å²) in [4.78, 5) is 2.21. The molecule has 3 nitrogen and oxygen atoms in total. The monoisotopic (exact) mass is 314 g/mol. The van der Waals surface area contributed by atoms with Crippen molar-refractivity contribution in [2.45, 2.75) is 0 Å². The summed E-state index contributed by atoms with van der Waals surface area (Å²) in [7, 11) is 0.